The van der Waals surface area contributed by atoms with E-state index in [2.05, 4.69) is 23.7 Å². The minimum absolute atomic E-state index is 1.11. The molecule has 1 fully saturated rings. The normalized spacial score (nSPS) is 16.1. The molecule has 0 unspecified atom stereocenters. The lowest BCUT2D eigenvalue weighted by Crippen LogP contribution is -2.42. The summed E-state index contributed by atoms with van der Waals surface area (Å²) in [5.41, 5.74) is 1.31. The van der Waals surface area contributed by atoms with Crippen molar-refractivity contribution >= 4 is 0 Å². The van der Waals surface area contributed by atoms with Crippen LogP contribution in [-0.4, -0.2) is 31.1 Å². The van der Waals surface area contributed by atoms with Gasteiger partial charge in [0.05, 0.1) is 0 Å². The second kappa shape index (κ2) is 8.11. The average Bonchev–Trinajstić information content (AvgIpc) is 2.23. The Hall–Kier alpha value is -0.500. The van der Waals surface area contributed by atoms with Crippen LogP contribution in [-0.2, 0) is 0 Å². The van der Waals surface area contributed by atoms with E-state index in [0.717, 1.165) is 32.6 Å². The third kappa shape index (κ3) is 4.94. The molecule has 0 aliphatic carbocycles. The lowest BCUT2D eigenvalue weighted by molar-refractivity contribution is 0.291. The smallest absolute Gasteiger partial charge is 0.0300 e. The molecule has 0 amide bonds. The summed E-state index contributed by atoms with van der Waals surface area (Å²) in [4.78, 5) is 2.39. The number of nitrogens with one attached hydrogen (secondary N) is 1. The SMILES string of the molecule is C=C(CCC)N1CCNCC1.CC. The van der Waals surface area contributed by atoms with E-state index >= 15 is 0 Å². The van der Waals surface area contributed by atoms with Crippen molar-refractivity contribution in [3.05, 3.63) is 12.3 Å². The predicted octanol–water partition coefficient (Wildman–Crippen LogP) is 2.23. The molecule has 0 radical (unpaired) electrons. The summed E-state index contributed by atoms with van der Waals surface area (Å²) in [6.45, 7) is 14.8. The first-order valence-electron chi connectivity index (χ1n) is 5.48. The minimum atomic E-state index is 1.11. The molecule has 0 atom stereocenters. The van der Waals surface area contributed by atoms with Crippen LogP contribution in [0.3, 0.4) is 0 Å². The van der Waals surface area contributed by atoms with E-state index < -0.39 is 0 Å². The maximum Gasteiger partial charge on any atom is 0.0300 e. The quantitative estimate of drug-likeness (QED) is 0.723. The van der Waals surface area contributed by atoms with Crippen molar-refractivity contribution in [3.63, 3.8) is 0 Å². The molecule has 1 heterocycles. The van der Waals surface area contributed by atoms with Crippen molar-refractivity contribution in [3.8, 4) is 0 Å². The molecule has 1 saturated heterocycles. The first-order chi connectivity index (χ1) is 6.34. The highest BCUT2D eigenvalue weighted by molar-refractivity contribution is 4.95. The van der Waals surface area contributed by atoms with Gasteiger partial charge in [-0.05, 0) is 6.42 Å². The summed E-state index contributed by atoms with van der Waals surface area (Å²) in [5, 5.41) is 3.33. The maximum absolute atomic E-state index is 4.07. The molecule has 0 aromatic carbocycles. The third-order valence-electron chi connectivity index (χ3n) is 2.10. The van der Waals surface area contributed by atoms with Crippen LogP contribution in [0.15, 0.2) is 12.3 Å². The molecular formula is C11H24N2. The summed E-state index contributed by atoms with van der Waals surface area (Å²) in [5.74, 6) is 0. The Bertz CT molecular complexity index is 126. The largest absolute Gasteiger partial charge is 0.373 e. The molecule has 1 aliphatic rings. The lowest BCUT2D eigenvalue weighted by Gasteiger charge is -2.30. The monoisotopic (exact) mass is 184 g/mol. The van der Waals surface area contributed by atoms with Gasteiger partial charge in [-0.1, -0.05) is 33.8 Å². The Labute approximate surface area is 83.0 Å². The van der Waals surface area contributed by atoms with Crippen molar-refractivity contribution in [2.75, 3.05) is 26.2 Å². The van der Waals surface area contributed by atoms with E-state index in [9.17, 15) is 0 Å². The van der Waals surface area contributed by atoms with Gasteiger partial charge in [0.25, 0.3) is 0 Å². The highest BCUT2D eigenvalue weighted by atomic mass is 15.2. The van der Waals surface area contributed by atoms with Gasteiger partial charge in [0.1, 0.15) is 0 Å². The summed E-state index contributed by atoms with van der Waals surface area (Å²) in [6.07, 6.45) is 2.36. The molecule has 0 aromatic rings. The predicted molar refractivity (Wildman–Crippen MR) is 59.8 cm³/mol. The highest BCUT2D eigenvalue weighted by Crippen LogP contribution is 2.08. The van der Waals surface area contributed by atoms with Gasteiger partial charge in [0, 0.05) is 31.9 Å². The van der Waals surface area contributed by atoms with Crippen molar-refractivity contribution in [1.82, 2.24) is 10.2 Å². The zero-order chi connectivity index (χ0) is 10.1. The van der Waals surface area contributed by atoms with E-state index in [0.29, 0.717) is 0 Å². The lowest BCUT2D eigenvalue weighted by atomic mass is 10.2. The van der Waals surface area contributed by atoms with Gasteiger partial charge in [-0.15, -0.1) is 0 Å². The van der Waals surface area contributed by atoms with Gasteiger partial charge in [0.2, 0.25) is 0 Å². The minimum Gasteiger partial charge on any atom is -0.373 e. The maximum atomic E-state index is 4.07. The van der Waals surface area contributed by atoms with Gasteiger partial charge >= 0.3 is 0 Å². The number of piperazine rings is 1. The fourth-order valence-corrected chi connectivity index (χ4v) is 1.43. The molecule has 0 aromatic heterocycles. The number of hydrogen-bond acceptors (Lipinski definition) is 2. The topological polar surface area (TPSA) is 15.3 Å². The fraction of sp³-hybridized carbons (Fsp3) is 0.818. The number of nitrogens with zero attached hydrogens (tertiary/aromatic N) is 1. The summed E-state index contributed by atoms with van der Waals surface area (Å²) < 4.78 is 0. The zero-order valence-corrected chi connectivity index (χ0v) is 9.40. The second-order valence-electron chi connectivity index (χ2n) is 3.05. The highest BCUT2D eigenvalue weighted by Gasteiger charge is 2.09. The molecule has 1 N–H and O–H groups in total. The zero-order valence-electron chi connectivity index (χ0n) is 9.40. The number of rotatable bonds is 3. The molecule has 1 aliphatic heterocycles. The van der Waals surface area contributed by atoms with Gasteiger partial charge in [-0.2, -0.15) is 0 Å². The Morgan fingerprint density at radius 1 is 1.31 bits per heavy atom. The van der Waals surface area contributed by atoms with Gasteiger partial charge in [-0.3, -0.25) is 0 Å². The molecule has 0 saturated carbocycles. The number of hydrogen-bond donors (Lipinski definition) is 1. The van der Waals surface area contributed by atoms with Crippen molar-refractivity contribution in [1.29, 1.82) is 0 Å². The second-order valence-corrected chi connectivity index (χ2v) is 3.05. The Balaban J connectivity index is 0.000000671. The Morgan fingerprint density at radius 2 is 1.85 bits per heavy atom. The van der Waals surface area contributed by atoms with Crippen molar-refractivity contribution in [2.24, 2.45) is 0 Å². The average molecular weight is 184 g/mol. The van der Waals surface area contributed by atoms with Crippen molar-refractivity contribution in [2.45, 2.75) is 33.6 Å². The van der Waals surface area contributed by atoms with Crippen LogP contribution in [0, 0.1) is 0 Å². The van der Waals surface area contributed by atoms with E-state index in [1.165, 1.54) is 12.1 Å². The van der Waals surface area contributed by atoms with Crippen LogP contribution < -0.4 is 5.32 Å². The van der Waals surface area contributed by atoms with Crippen LogP contribution in [0.5, 0.6) is 0 Å². The fourth-order valence-electron chi connectivity index (χ4n) is 1.43. The van der Waals surface area contributed by atoms with E-state index in [4.69, 9.17) is 0 Å². The molecule has 2 heteroatoms. The molecule has 1 rings (SSSR count). The van der Waals surface area contributed by atoms with Crippen molar-refractivity contribution < 1.29 is 0 Å². The molecule has 2 nitrogen and oxygen atoms in total. The van der Waals surface area contributed by atoms with Gasteiger partial charge in [0.15, 0.2) is 0 Å². The van der Waals surface area contributed by atoms with Crippen LogP contribution in [0.2, 0.25) is 0 Å². The van der Waals surface area contributed by atoms with Crippen LogP contribution in [0.25, 0.3) is 0 Å². The molecule has 0 spiro atoms. The Kier molecular flexibility index (Phi) is 7.80. The number of allylic oxidation sites excluding steroid dienone is 1. The molecule has 0 bridgehead atoms. The summed E-state index contributed by atoms with van der Waals surface area (Å²) in [6, 6.07) is 0. The van der Waals surface area contributed by atoms with Crippen LogP contribution in [0.4, 0.5) is 0 Å². The Morgan fingerprint density at radius 3 is 2.31 bits per heavy atom. The molecular weight excluding hydrogens is 160 g/mol. The van der Waals surface area contributed by atoms with Gasteiger partial charge < -0.3 is 10.2 Å². The standard InChI is InChI=1S/C9H18N2.C2H6/c1-3-4-9(2)11-7-5-10-6-8-11;1-2/h10H,2-8H2,1H3;1-2H3. The third-order valence-corrected chi connectivity index (χ3v) is 2.10. The summed E-state index contributed by atoms with van der Waals surface area (Å²) >= 11 is 0. The molecule has 13 heavy (non-hydrogen) atoms. The first-order valence-corrected chi connectivity index (χ1v) is 5.48. The van der Waals surface area contributed by atoms with E-state index in [-0.39, 0.29) is 0 Å². The summed E-state index contributed by atoms with van der Waals surface area (Å²) in [7, 11) is 0. The van der Waals surface area contributed by atoms with E-state index in [1.54, 1.807) is 0 Å². The first kappa shape index (κ1) is 12.5. The van der Waals surface area contributed by atoms with Gasteiger partial charge in [-0.25, -0.2) is 0 Å². The van der Waals surface area contributed by atoms with E-state index in [1.807, 2.05) is 13.8 Å². The molecule has 78 valence electrons. The van der Waals surface area contributed by atoms with Crippen LogP contribution >= 0.6 is 0 Å². The van der Waals surface area contributed by atoms with Crippen LogP contribution in [0.1, 0.15) is 33.6 Å².